The quantitative estimate of drug-likeness (QED) is 0.625. The third kappa shape index (κ3) is 5.56. The maximum Gasteiger partial charge on any atom is 0.458 e. The maximum atomic E-state index is 13.6. The first-order chi connectivity index (χ1) is 12.8. The number of benzene rings is 1. The van der Waals surface area contributed by atoms with Crippen LogP contribution in [0.15, 0.2) is 24.3 Å². The molecule has 0 amide bonds. The molecule has 0 aliphatic heterocycles. The molecule has 1 aliphatic rings. The molecule has 1 N–H and O–H groups in total. The summed E-state index contributed by atoms with van der Waals surface area (Å²) in [5, 5.41) is 9.42. The second kappa shape index (κ2) is 8.52. The zero-order valence-electron chi connectivity index (χ0n) is 14.8. The molecule has 1 saturated carbocycles. The third-order valence-corrected chi connectivity index (χ3v) is 4.91. The van der Waals surface area contributed by atoms with Crippen LogP contribution < -0.4 is 0 Å². The van der Waals surface area contributed by atoms with E-state index in [1.807, 2.05) is 0 Å². The Bertz CT molecular complexity index is 637. The lowest BCUT2D eigenvalue weighted by Crippen LogP contribution is -2.45. The summed E-state index contributed by atoms with van der Waals surface area (Å²) in [4.78, 5) is 1.32. The summed E-state index contributed by atoms with van der Waals surface area (Å²) in [6, 6.07) is 3.28. The lowest BCUT2D eigenvalue weighted by Gasteiger charge is -2.36. The van der Waals surface area contributed by atoms with Crippen molar-refractivity contribution in [3.8, 4) is 0 Å². The summed E-state index contributed by atoms with van der Waals surface area (Å²) >= 11 is 0. The lowest BCUT2D eigenvalue weighted by atomic mass is 9.93. The fourth-order valence-electron chi connectivity index (χ4n) is 3.38. The Balaban J connectivity index is 2.25. The van der Waals surface area contributed by atoms with Gasteiger partial charge in [0.2, 0.25) is 0 Å². The second-order valence-electron chi connectivity index (χ2n) is 7.05. The predicted octanol–water partition coefficient (Wildman–Crippen LogP) is 5.40. The van der Waals surface area contributed by atoms with Crippen LogP contribution in [-0.4, -0.2) is 41.0 Å². The molecule has 2 rings (SSSR count). The number of nitrogens with zero attached hydrogens (tertiary/aromatic N) is 1. The number of halogens is 8. The van der Waals surface area contributed by atoms with Gasteiger partial charge in [-0.2, -0.15) is 35.1 Å². The highest BCUT2D eigenvalue weighted by atomic mass is 19.4. The van der Waals surface area contributed by atoms with E-state index >= 15 is 0 Å². The first-order valence-electron chi connectivity index (χ1n) is 8.85. The lowest BCUT2D eigenvalue weighted by molar-refractivity contribution is -0.289. The van der Waals surface area contributed by atoms with E-state index in [0.29, 0.717) is 25.0 Å². The number of aliphatic hydroxyl groups is 1. The van der Waals surface area contributed by atoms with Gasteiger partial charge in [0.25, 0.3) is 0 Å². The van der Waals surface area contributed by atoms with Crippen LogP contribution in [0.25, 0.3) is 0 Å². The van der Waals surface area contributed by atoms with Gasteiger partial charge < -0.3 is 5.11 Å². The van der Waals surface area contributed by atoms with Gasteiger partial charge in [-0.15, -0.1) is 0 Å². The fourth-order valence-corrected chi connectivity index (χ4v) is 3.38. The Morgan fingerprint density at radius 3 is 2.11 bits per heavy atom. The van der Waals surface area contributed by atoms with Crippen LogP contribution in [0.4, 0.5) is 35.1 Å². The van der Waals surface area contributed by atoms with Crippen LogP contribution in [0.3, 0.4) is 0 Å². The zero-order valence-corrected chi connectivity index (χ0v) is 14.8. The third-order valence-electron chi connectivity index (χ3n) is 4.91. The van der Waals surface area contributed by atoms with Gasteiger partial charge in [0, 0.05) is 24.7 Å². The standard InChI is InChI=1S/C18H21F8NO/c19-16(20,18(24,25)26)13-6-4-5-12(9-13)10-27(11-15(28)17(21,22)23)14-7-2-1-3-8-14/h4-6,9,14-15,28H,1-3,7-8,10-11H2. The molecule has 1 fully saturated rings. The highest BCUT2D eigenvalue weighted by Crippen LogP contribution is 2.44. The minimum atomic E-state index is -5.78. The van der Waals surface area contributed by atoms with E-state index < -0.39 is 36.5 Å². The molecule has 1 unspecified atom stereocenters. The molecule has 0 heterocycles. The van der Waals surface area contributed by atoms with Gasteiger partial charge in [-0.05, 0) is 24.5 Å². The summed E-state index contributed by atoms with van der Waals surface area (Å²) in [6.45, 7) is -1.03. The van der Waals surface area contributed by atoms with Crippen molar-refractivity contribution in [1.82, 2.24) is 4.90 Å². The number of rotatable bonds is 6. The minimum Gasteiger partial charge on any atom is -0.382 e. The molecule has 160 valence electrons. The van der Waals surface area contributed by atoms with Crippen molar-refractivity contribution in [2.75, 3.05) is 6.54 Å². The van der Waals surface area contributed by atoms with Gasteiger partial charge in [-0.3, -0.25) is 4.90 Å². The number of aliphatic hydroxyl groups excluding tert-OH is 1. The van der Waals surface area contributed by atoms with E-state index in [9.17, 15) is 40.2 Å². The molecule has 1 aliphatic carbocycles. The highest BCUT2D eigenvalue weighted by molar-refractivity contribution is 5.28. The largest absolute Gasteiger partial charge is 0.458 e. The fraction of sp³-hybridized carbons (Fsp3) is 0.667. The van der Waals surface area contributed by atoms with Crippen LogP contribution in [0.1, 0.15) is 43.2 Å². The van der Waals surface area contributed by atoms with Crippen molar-refractivity contribution in [3.05, 3.63) is 35.4 Å². The van der Waals surface area contributed by atoms with Gasteiger partial charge in [0.1, 0.15) is 0 Å². The van der Waals surface area contributed by atoms with Crippen LogP contribution in [-0.2, 0) is 12.5 Å². The van der Waals surface area contributed by atoms with E-state index in [-0.39, 0.29) is 18.2 Å². The zero-order chi connectivity index (χ0) is 21.2. The molecule has 0 saturated heterocycles. The van der Waals surface area contributed by atoms with Gasteiger partial charge in [0.05, 0.1) is 0 Å². The normalized spacial score (nSPS) is 18.5. The maximum absolute atomic E-state index is 13.6. The Morgan fingerprint density at radius 2 is 1.57 bits per heavy atom. The van der Waals surface area contributed by atoms with E-state index in [4.69, 9.17) is 0 Å². The minimum absolute atomic E-state index is 0.0290. The first kappa shape index (κ1) is 22.9. The van der Waals surface area contributed by atoms with Crippen molar-refractivity contribution < 1.29 is 40.2 Å². The molecular formula is C18H21F8NO. The van der Waals surface area contributed by atoms with Crippen LogP contribution in [0.5, 0.6) is 0 Å². The Morgan fingerprint density at radius 1 is 0.964 bits per heavy atom. The van der Waals surface area contributed by atoms with Crippen molar-refractivity contribution in [2.45, 2.75) is 69.1 Å². The highest BCUT2D eigenvalue weighted by Gasteiger charge is 2.58. The Kier molecular flexibility index (Phi) is 6.96. The molecular weight excluding hydrogens is 398 g/mol. The van der Waals surface area contributed by atoms with Crippen LogP contribution in [0, 0.1) is 0 Å². The van der Waals surface area contributed by atoms with Gasteiger partial charge in [0.15, 0.2) is 6.10 Å². The molecule has 2 nitrogen and oxygen atoms in total. The molecule has 0 aromatic heterocycles. The van der Waals surface area contributed by atoms with E-state index in [1.165, 1.54) is 11.0 Å². The molecule has 0 spiro atoms. The average molecular weight is 419 g/mol. The summed E-state index contributed by atoms with van der Waals surface area (Å²) in [5.41, 5.74) is -1.24. The summed E-state index contributed by atoms with van der Waals surface area (Å²) in [7, 11) is 0. The number of alkyl halides is 8. The van der Waals surface area contributed by atoms with Crippen molar-refractivity contribution in [2.24, 2.45) is 0 Å². The second-order valence-corrected chi connectivity index (χ2v) is 7.05. The van der Waals surface area contributed by atoms with Crippen LogP contribution in [0.2, 0.25) is 0 Å². The van der Waals surface area contributed by atoms with Gasteiger partial charge in [-0.25, -0.2) is 0 Å². The van der Waals surface area contributed by atoms with Crippen molar-refractivity contribution >= 4 is 0 Å². The van der Waals surface area contributed by atoms with E-state index in [1.54, 1.807) is 0 Å². The van der Waals surface area contributed by atoms with Gasteiger partial charge in [-0.1, -0.05) is 37.5 Å². The molecule has 1 atom stereocenters. The molecule has 0 bridgehead atoms. The summed E-state index contributed by atoms with van der Waals surface area (Å²) in [5.74, 6) is -5.07. The molecule has 10 heteroatoms. The van der Waals surface area contributed by atoms with E-state index in [0.717, 1.165) is 25.3 Å². The number of hydrogen-bond acceptors (Lipinski definition) is 2. The molecule has 28 heavy (non-hydrogen) atoms. The molecule has 1 aromatic carbocycles. The van der Waals surface area contributed by atoms with Crippen molar-refractivity contribution in [3.63, 3.8) is 0 Å². The monoisotopic (exact) mass is 419 g/mol. The summed E-state index contributed by atoms with van der Waals surface area (Å²) in [6.07, 6.45) is -9.65. The topological polar surface area (TPSA) is 23.5 Å². The summed E-state index contributed by atoms with van der Waals surface area (Å²) < 4.78 is 103. The molecule has 1 aromatic rings. The number of hydrogen-bond donors (Lipinski definition) is 1. The van der Waals surface area contributed by atoms with Crippen LogP contribution >= 0.6 is 0 Å². The van der Waals surface area contributed by atoms with Gasteiger partial charge >= 0.3 is 18.3 Å². The predicted molar refractivity (Wildman–Crippen MR) is 85.7 cm³/mol. The molecule has 0 radical (unpaired) electrons. The van der Waals surface area contributed by atoms with Crippen molar-refractivity contribution in [1.29, 1.82) is 0 Å². The Hall–Kier alpha value is -1.42. The SMILES string of the molecule is OC(CN(Cc1cccc(C(F)(F)C(F)(F)F)c1)C1CCCCC1)C(F)(F)F. The van der Waals surface area contributed by atoms with E-state index in [2.05, 4.69) is 0 Å². The first-order valence-corrected chi connectivity index (χ1v) is 8.85. The average Bonchev–Trinajstić information content (AvgIpc) is 2.60. The smallest absolute Gasteiger partial charge is 0.382 e. The Labute approximate surface area is 157 Å².